The summed E-state index contributed by atoms with van der Waals surface area (Å²) in [5.74, 6) is 6.90. The van der Waals surface area contributed by atoms with Crippen molar-refractivity contribution in [3.63, 3.8) is 0 Å². The molecule has 0 spiro atoms. The van der Waals surface area contributed by atoms with Crippen LogP contribution in [0.5, 0.6) is 5.75 Å². The number of benzene rings is 4. The lowest BCUT2D eigenvalue weighted by molar-refractivity contribution is 0.470. The van der Waals surface area contributed by atoms with Crippen molar-refractivity contribution in [3.05, 3.63) is 107 Å². The lowest BCUT2D eigenvalue weighted by atomic mass is 9.99. The quantitative estimate of drug-likeness (QED) is 0.317. The van der Waals surface area contributed by atoms with Gasteiger partial charge >= 0.3 is 0 Å². The zero-order valence-corrected chi connectivity index (χ0v) is 17.2. The summed E-state index contributed by atoms with van der Waals surface area (Å²) in [6.07, 6.45) is 3.53. The highest BCUT2D eigenvalue weighted by molar-refractivity contribution is 7.98. The molecule has 1 N–H and O–H groups in total. The van der Waals surface area contributed by atoms with Crippen molar-refractivity contribution in [2.45, 2.75) is 17.7 Å². The van der Waals surface area contributed by atoms with Gasteiger partial charge in [0.15, 0.2) is 0 Å². The highest BCUT2D eigenvalue weighted by Crippen LogP contribution is 2.27. The highest BCUT2D eigenvalue weighted by atomic mass is 32.2. The van der Waals surface area contributed by atoms with Crippen molar-refractivity contribution in [2.24, 2.45) is 0 Å². The molecule has 0 aliphatic carbocycles. The third kappa shape index (κ3) is 4.83. The Kier molecular flexibility index (Phi) is 5.89. The molecule has 4 aromatic rings. The summed E-state index contributed by atoms with van der Waals surface area (Å²) in [7, 11) is 0. The molecule has 0 amide bonds. The molecule has 0 radical (unpaired) electrons. The van der Waals surface area contributed by atoms with E-state index in [0.717, 1.165) is 28.3 Å². The Labute approximate surface area is 176 Å². The van der Waals surface area contributed by atoms with Crippen molar-refractivity contribution in [2.75, 3.05) is 6.26 Å². The van der Waals surface area contributed by atoms with E-state index in [9.17, 15) is 5.11 Å². The number of hydrogen-bond acceptors (Lipinski definition) is 2. The molecule has 1 nitrogen and oxygen atoms in total. The number of aromatic hydroxyl groups is 1. The average molecular weight is 395 g/mol. The molecule has 4 rings (SSSR count). The van der Waals surface area contributed by atoms with Crippen LogP contribution < -0.4 is 0 Å². The molecule has 0 heterocycles. The molecule has 0 aliphatic rings. The Morgan fingerprint density at radius 3 is 2.34 bits per heavy atom. The second-order valence-electron chi connectivity index (χ2n) is 7.03. The molecule has 29 heavy (non-hydrogen) atoms. The number of fused-ring (bicyclic) bond motifs is 1. The first-order valence-corrected chi connectivity index (χ1v) is 10.8. The van der Waals surface area contributed by atoms with E-state index >= 15 is 0 Å². The Morgan fingerprint density at radius 1 is 0.793 bits per heavy atom. The number of thioether (sulfide) groups is 1. The van der Waals surface area contributed by atoms with Crippen LogP contribution >= 0.6 is 11.8 Å². The normalized spacial score (nSPS) is 10.5. The Balaban J connectivity index is 1.56. The van der Waals surface area contributed by atoms with Crippen molar-refractivity contribution in [1.82, 2.24) is 0 Å². The molecule has 0 aliphatic heterocycles. The monoisotopic (exact) mass is 394 g/mol. The van der Waals surface area contributed by atoms with Crippen LogP contribution in [0.4, 0.5) is 0 Å². The predicted octanol–water partition coefficient (Wildman–Crippen LogP) is 6.45. The van der Waals surface area contributed by atoms with Crippen molar-refractivity contribution < 1.29 is 5.11 Å². The first-order chi connectivity index (χ1) is 14.2. The molecule has 0 atom stereocenters. The van der Waals surface area contributed by atoms with Gasteiger partial charge in [0.2, 0.25) is 0 Å². The summed E-state index contributed by atoms with van der Waals surface area (Å²) in [5, 5.41) is 12.5. The molecular weight excluding hydrogens is 372 g/mol. The maximum Gasteiger partial charge on any atom is 0.119 e. The second kappa shape index (κ2) is 8.90. The van der Waals surface area contributed by atoms with Crippen LogP contribution in [0.2, 0.25) is 0 Å². The first kappa shape index (κ1) is 19.2. The van der Waals surface area contributed by atoms with Crippen LogP contribution in [-0.2, 0) is 12.8 Å². The van der Waals surface area contributed by atoms with Gasteiger partial charge in [0, 0.05) is 23.3 Å². The molecule has 0 bridgehead atoms. The maximum absolute atomic E-state index is 10.4. The van der Waals surface area contributed by atoms with Crippen molar-refractivity contribution in [1.29, 1.82) is 0 Å². The van der Waals surface area contributed by atoms with Gasteiger partial charge < -0.3 is 5.11 Å². The summed E-state index contributed by atoms with van der Waals surface area (Å²) in [6.45, 7) is 0. The second-order valence-corrected chi connectivity index (χ2v) is 7.91. The minimum atomic E-state index is 0.342. The van der Waals surface area contributed by atoms with Crippen LogP contribution in [0, 0.1) is 11.8 Å². The van der Waals surface area contributed by atoms with Crippen molar-refractivity contribution in [3.8, 4) is 17.6 Å². The number of rotatable bonds is 4. The third-order valence-corrected chi connectivity index (χ3v) is 5.70. The fourth-order valence-electron chi connectivity index (χ4n) is 3.36. The maximum atomic E-state index is 10.4. The van der Waals surface area contributed by atoms with Crippen LogP contribution in [0.3, 0.4) is 0 Å². The van der Waals surface area contributed by atoms with Gasteiger partial charge in [0.25, 0.3) is 0 Å². The van der Waals surface area contributed by atoms with E-state index in [1.807, 2.05) is 36.4 Å². The molecule has 0 unspecified atom stereocenters. The van der Waals surface area contributed by atoms with Gasteiger partial charge in [-0.05, 0) is 70.1 Å². The lowest BCUT2D eigenvalue weighted by Crippen LogP contribution is -1.89. The lowest BCUT2D eigenvalue weighted by Gasteiger charge is -2.08. The standard InChI is InChI=1S/C27H22OS/c1-29-26-14-11-20(12-15-26)8-5-9-22-10-13-23-19-27(28)25(18-24(23)16-22)17-21-6-3-2-4-7-21/h2-4,6-7,10-16,18-19,28H,8,17H2,1H3. The van der Waals surface area contributed by atoms with Gasteiger partial charge in [-0.1, -0.05) is 60.4 Å². The van der Waals surface area contributed by atoms with E-state index in [1.54, 1.807) is 11.8 Å². The Morgan fingerprint density at radius 2 is 1.59 bits per heavy atom. The number of hydrogen-bond donors (Lipinski definition) is 1. The molecule has 0 aromatic heterocycles. The zero-order valence-electron chi connectivity index (χ0n) is 16.4. The van der Waals surface area contributed by atoms with E-state index in [-0.39, 0.29) is 0 Å². The largest absolute Gasteiger partial charge is 0.508 e. The van der Waals surface area contributed by atoms with Crippen LogP contribution in [0.25, 0.3) is 10.8 Å². The summed E-state index contributed by atoms with van der Waals surface area (Å²) in [6, 6.07) is 28.8. The van der Waals surface area contributed by atoms with Crippen LogP contribution in [-0.4, -0.2) is 11.4 Å². The van der Waals surface area contributed by atoms with Crippen LogP contribution in [0.15, 0.2) is 89.8 Å². The molecule has 0 saturated heterocycles. The van der Waals surface area contributed by atoms with E-state index in [2.05, 4.69) is 66.6 Å². The first-order valence-electron chi connectivity index (χ1n) is 9.62. The predicted molar refractivity (Wildman–Crippen MR) is 124 cm³/mol. The zero-order chi connectivity index (χ0) is 20.1. The smallest absolute Gasteiger partial charge is 0.119 e. The van der Waals surface area contributed by atoms with E-state index < -0.39 is 0 Å². The molecule has 4 aromatic carbocycles. The molecule has 0 saturated carbocycles. The van der Waals surface area contributed by atoms with Gasteiger partial charge in [0.1, 0.15) is 5.75 Å². The Hall–Kier alpha value is -3.15. The molecule has 0 fully saturated rings. The molecule has 142 valence electrons. The summed E-state index contributed by atoms with van der Waals surface area (Å²) in [4.78, 5) is 1.27. The SMILES string of the molecule is CSc1ccc(CC#Cc2ccc3cc(O)c(Cc4ccccc4)cc3c2)cc1. The summed E-state index contributed by atoms with van der Waals surface area (Å²) in [5.41, 5.74) is 4.34. The van der Waals surface area contributed by atoms with Gasteiger partial charge in [-0.2, -0.15) is 0 Å². The van der Waals surface area contributed by atoms with E-state index in [0.29, 0.717) is 12.2 Å². The molecular formula is C27H22OS. The van der Waals surface area contributed by atoms with Gasteiger partial charge in [-0.25, -0.2) is 0 Å². The third-order valence-electron chi connectivity index (χ3n) is 4.96. The summed E-state index contributed by atoms with van der Waals surface area (Å²) < 4.78 is 0. The van der Waals surface area contributed by atoms with Gasteiger partial charge in [-0.15, -0.1) is 11.8 Å². The number of phenolic OH excluding ortho intramolecular Hbond substituents is 1. The highest BCUT2D eigenvalue weighted by Gasteiger charge is 2.06. The van der Waals surface area contributed by atoms with Gasteiger partial charge in [-0.3, -0.25) is 0 Å². The van der Waals surface area contributed by atoms with E-state index in [1.165, 1.54) is 16.0 Å². The average Bonchev–Trinajstić information content (AvgIpc) is 2.76. The molecule has 2 heteroatoms. The van der Waals surface area contributed by atoms with E-state index in [4.69, 9.17) is 0 Å². The summed E-state index contributed by atoms with van der Waals surface area (Å²) >= 11 is 1.75. The fraction of sp³-hybridized carbons (Fsp3) is 0.111. The topological polar surface area (TPSA) is 20.2 Å². The Bertz CT molecular complexity index is 1180. The minimum Gasteiger partial charge on any atom is -0.508 e. The van der Waals surface area contributed by atoms with Crippen molar-refractivity contribution >= 4 is 22.5 Å². The van der Waals surface area contributed by atoms with Crippen LogP contribution in [0.1, 0.15) is 22.3 Å². The van der Waals surface area contributed by atoms with Gasteiger partial charge in [0.05, 0.1) is 0 Å². The minimum absolute atomic E-state index is 0.342. The fourth-order valence-corrected chi connectivity index (χ4v) is 3.77. The number of phenols is 1.